The highest BCUT2D eigenvalue weighted by atomic mass is 32.2. The van der Waals surface area contributed by atoms with Crippen LogP contribution in [0.2, 0.25) is 0 Å². The zero-order chi connectivity index (χ0) is 13.2. The first-order valence-electron chi connectivity index (χ1n) is 6.89. The molecule has 4 heteroatoms. The van der Waals surface area contributed by atoms with Crippen LogP contribution in [0.25, 0.3) is 0 Å². The van der Waals surface area contributed by atoms with Gasteiger partial charge in [0.05, 0.1) is 0 Å². The fraction of sp³-hybridized carbons (Fsp3) is 0.786. The number of hydrogen-bond acceptors (Lipinski definition) is 3. The van der Waals surface area contributed by atoms with Gasteiger partial charge in [-0.25, -0.2) is 4.98 Å². The predicted octanol–water partition coefficient (Wildman–Crippen LogP) is 3.07. The van der Waals surface area contributed by atoms with E-state index in [-0.39, 0.29) is 0 Å². The molecule has 1 heterocycles. The maximum absolute atomic E-state index is 4.45. The summed E-state index contributed by atoms with van der Waals surface area (Å²) in [5.41, 5.74) is 0.467. The summed E-state index contributed by atoms with van der Waals surface area (Å²) in [6.07, 6.45) is 7.78. The van der Waals surface area contributed by atoms with E-state index in [1.165, 1.54) is 19.3 Å². The molecule has 0 amide bonds. The van der Waals surface area contributed by atoms with E-state index in [0.717, 1.165) is 11.7 Å². The Bertz CT molecular complexity index is 386. The van der Waals surface area contributed by atoms with E-state index in [1.807, 2.05) is 24.2 Å². The Morgan fingerprint density at radius 2 is 2.33 bits per heavy atom. The van der Waals surface area contributed by atoms with Gasteiger partial charge in [0.1, 0.15) is 0 Å². The summed E-state index contributed by atoms with van der Waals surface area (Å²) in [5.74, 6) is 0. The Labute approximate surface area is 115 Å². The molecule has 0 saturated heterocycles. The first-order chi connectivity index (χ1) is 8.52. The summed E-state index contributed by atoms with van der Waals surface area (Å²) < 4.78 is 2.12. The molecule has 0 aromatic carbocycles. The fourth-order valence-corrected chi connectivity index (χ4v) is 4.29. The standard InChI is InChI=1S/C14H25N3S/c1-5-15-11-6-7-14(2,3)10-12(11)18-13-16-8-9-17(13)4/h8-9,11-12,15H,5-7,10H2,1-4H3. The Morgan fingerprint density at radius 1 is 1.56 bits per heavy atom. The average molecular weight is 267 g/mol. The van der Waals surface area contributed by atoms with Crippen LogP contribution in [0.1, 0.15) is 40.0 Å². The van der Waals surface area contributed by atoms with Gasteiger partial charge in [0, 0.05) is 30.7 Å². The number of thioether (sulfide) groups is 1. The third kappa shape index (κ3) is 3.29. The number of nitrogens with zero attached hydrogens (tertiary/aromatic N) is 2. The van der Waals surface area contributed by atoms with Crippen LogP contribution >= 0.6 is 11.8 Å². The molecule has 2 unspecified atom stereocenters. The smallest absolute Gasteiger partial charge is 0.167 e. The molecule has 1 aliphatic rings. The molecule has 1 fully saturated rings. The van der Waals surface area contributed by atoms with Gasteiger partial charge < -0.3 is 9.88 Å². The highest BCUT2D eigenvalue weighted by molar-refractivity contribution is 7.99. The molecule has 2 atom stereocenters. The normalized spacial score (nSPS) is 27.3. The third-order valence-electron chi connectivity index (χ3n) is 3.83. The van der Waals surface area contributed by atoms with Crippen molar-refractivity contribution in [1.29, 1.82) is 0 Å². The summed E-state index contributed by atoms with van der Waals surface area (Å²) in [7, 11) is 2.07. The number of rotatable bonds is 4. The first kappa shape index (κ1) is 13.9. The second-order valence-corrected chi connectivity index (χ2v) is 7.25. The summed E-state index contributed by atoms with van der Waals surface area (Å²) in [5, 5.41) is 5.42. The number of nitrogens with one attached hydrogen (secondary N) is 1. The van der Waals surface area contributed by atoms with Crippen molar-refractivity contribution in [1.82, 2.24) is 14.9 Å². The van der Waals surface area contributed by atoms with Crippen LogP contribution in [0, 0.1) is 5.41 Å². The van der Waals surface area contributed by atoms with Crippen molar-refractivity contribution in [3.63, 3.8) is 0 Å². The molecule has 3 nitrogen and oxygen atoms in total. The molecule has 2 rings (SSSR count). The summed E-state index contributed by atoms with van der Waals surface area (Å²) in [6, 6.07) is 0.629. The van der Waals surface area contributed by atoms with Crippen LogP contribution in [0.15, 0.2) is 17.6 Å². The lowest BCUT2D eigenvalue weighted by molar-refractivity contribution is 0.215. The molecule has 0 bridgehead atoms. The molecule has 1 aliphatic carbocycles. The van der Waals surface area contributed by atoms with Crippen LogP contribution < -0.4 is 5.32 Å². The van der Waals surface area contributed by atoms with E-state index in [4.69, 9.17) is 0 Å². The monoisotopic (exact) mass is 267 g/mol. The summed E-state index contributed by atoms with van der Waals surface area (Å²) in [4.78, 5) is 4.45. The van der Waals surface area contributed by atoms with Crippen molar-refractivity contribution < 1.29 is 0 Å². The Balaban J connectivity index is 2.07. The van der Waals surface area contributed by atoms with Gasteiger partial charge in [-0.2, -0.15) is 0 Å². The minimum Gasteiger partial charge on any atom is -0.329 e. The molecule has 1 N–H and O–H groups in total. The lowest BCUT2D eigenvalue weighted by Gasteiger charge is -2.40. The van der Waals surface area contributed by atoms with Gasteiger partial charge in [-0.15, -0.1) is 0 Å². The van der Waals surface area contributed by atoms with Crippen LogP contribution in [-0.2, 0) is 7.05 Å². The van der Waals surface area contributed by atoms with E-state index >= 15 is 0 Å². The van der Waals surface area contributed by atoms with Gasteiger partial charge >= 0.3 is 0 Å². The SMILES string of the molecule is CCNC1CCC(C)(C)CC1Sc1nccn1C. The minimum atomic E-state index is 0.467. The molecule has 1 aromatic rings. The Morgan fingerprint density at radius 3 is 2.94 bits per heavy atom. The van der Waals surface area contributed by atoms with Crippen molar-refractivity contribution in [3.05, 3.63) is 12.4 Å². The van der Waals surface area contributed by atoms with Crippen molar-refractivity contribution in [2.75, 3.05) is 6.54 Å². The summed E-state index contributed by atoms with van der Waals surface area (Å²) in [6.45, 7) is 8.03. The van der Waals surface area contributed by atoms with Crippen LogP contribution in [0.5, 0.6) is 0 Å². The minimum absolute atomic E-state index is 0.467. The highest BCUT2D eigenvalue weighted by Gasteiger charge is 2.35. The molecule has 0 radical (unpaired) electrons. The maximum Gasteiger partial charge on any atom is 0.167 e. The molecule has 18 heavy (non-hydrogen) atoms. The van der Waals surface area contributed by atoms with Crippen LogP contribution in [-0.4, -0.2) is 27.4 Å². The van der Waals surface area contributed by atoms with E-state index in [1.54, 1.807) is 0 Å². The van der Waals surface area contributed by atoms with E-state index in [0.29, 0.717) is 16.7 Å². The Hall–Kier alpha value is -0.480. The molecule has 0 aliphatic heterocycles. The number of aryl methyl sites for hydroxylation is 1. The predicted molar refractivity (Wildman–Crippen MR) is 77.9 cm³/mol. The lowest BCUT2D eigenvalue weighted by Crippen LogP contribution is -2.44. The van der Waals surface area contributed by atoms with Gasteiger partial charge in [-0.3, -0.25) is 0 Å². The molecule has 0 spiro atoms. The molecule has 1 saturated carbocycles. The third-order valence-corrected chi connectivity index (χ3v) is 5.24. The van der Waals surface area contributed by atoms with Crippen LogP contribution in [0.4, 0.5) is 0 Å². The van der Waals surface area contributed by atoms with Crippen molar-refractivity contribution in [2.24, 2.45) is 12.5 Å². The molecular formula is C14H25N3S. The largest absolute Gasteiger partial charge is 0.329 e. The molecule has 1 aromatic heterocycles. The summed E-state index contributed by atoms with van der Waals surface area (Å²) >= 11 is 1.94. The van der Waals surface area contributed by atoms with E-state index in [9.17, 15) is 0 Å². The second-order valence-electron chi connectivity index (χ2n) is 6.05. The van der Waals surface area contributed by atoms with Crippen LogP contribution in [0.3, 0.4) is 0 Å². The van der Waals surface area contributed by atoms with Gasteiger partial charge in [-0.1, -0.05) is 32.5 Å². The number of imidazole rings is 1. The topological polar surface area (TPSA) is 29.9 Å². The van der Waals surface area contributed by atoms with Crippen molar-refractivity contribution in [2.45, 2.75) is 56.5 Å². The fourth-order valence-electron chi connectivity index (χ4n) is 2.74. The van der Waals surface area contributed by atoms with Crippen molar-refractivity contribution in [3.8, 4) is 0 Å². The quantitative estimate of drug-likeness (QED) is 0.909. The Kier molecular flexibility index (Phi) is 4.38. The van der Waals surface area contributed by atoms with E-state index < -0.39 is 0 Å². The lowest BCUT2D eigenvalue weighted by atomic mass is 9.75. The highest BCUT2D eigenvalue weighted by Crippen LogP contribution is 2.42. The second kappa shape index (κ2) is 5.66. The zero-order valence-electron chi connectivity index (χ0n) is 11.9. The van der Waals surface area contributed by atoms with Gasteiger partial charge in [0.25, 0.3) is 0 Å². The first-order valence-corrected chi connectivity index (χ1v) is 7.77. The number of aromatic nitrogens is 2. The zero-order valence-corrected chi connectivity index (χ0v) is 12.8. The number of hydrogen-bond donors (Lipinski definition) is 1. The van der Waals surface area contributed by atoms with Gasteiger partial charge in [0.15, 0.2) is 5.16 Å². The average Bonchev–Trinajstić information content (AvgIpc) is 2.68. The molecular weight excluding hydrogens is 242 g/mol. The maximum atomic E-state index is 4.45. The van der Waals surface area contributed by atoms with Crippen molar-refractivity contribution >= 4 is 11.8 Å². The van der Waals surface area contributed by atoms with Gasteiger partial charge in [0.2, 0.25) is 0 Å². The van der Waals surface area contributed by atoms with Gasteiger partial charge in [-0.05, 0) is 31.2 Å². The molecule has 102 valence electrons. The van der Waals surface area contributed by atoms with E-state index in [2.05, 4.69) is 42.7 Å².